The lowest BCUT2D eigenvalue weighted by Gasteiger charge is -2.34. The largest absolute Gasteiger partial charge is 0.493 e. The van der Waals surface area contributed by atoms with Crippen LogP contribution in [0.4, 0.5) is 8.78 Å². The van der Waals surface area contributed by atoms with Gasteiger partial charge >= 0.3 is 0 Å². The molecule has 0 aliphatic carbocycles. The maximum atomic E-state index is 14.8. The van der Waals surface area contributed by atoms with Crippen LogP contribution in [0.2, 0.25) is 0 Å². The summed E-state index contributed by atoms with van der Waals surface area (Å²) in [6, 6.07) is 3.94. The second-order valence-corrected chi connectivity index (χ2v) is 10.2. The molecule has 8 nitrogen and oxygen atoms in total. The number of amides is 2. The second-order valence-electron chi connectivity index (χ2n) is 10.2. The zero-order valence-corrected chi connectivity index (χ0v) is 20.8. The maximum absolute atomic E-state index is 14.8. The number of rotatable bonds is 8. The van der Waals surface area contributed by atoms with Gasteiger partial charge in [-0.25, -0.2) is 13.8 Å². The molecule has 194 valence electrons. The minimum absolute atomic E-state index is 0.0772. The number of halogens is 2. The van der Waals surface area contributed by atoms with Crippen LogP contribution in [-0.4, -0.2) is 76.1 Å². The summed E-state index contributed by atoms with van der Waals surface area (Å²) in [5, 5.41) is 0. The third kappa shape index (κ3) is 6.34. The van der Waals surface area contributed by atoms with Gasteiger partial charge in [0, 0.05) is 24.7 Å². The molecule has 1 aromatic carbocycles. The number of aromatic nitrogens is 2. The van der Waals surface area contributed by atoms with Crippen LogP contribution >= 0.6 is 0 Å². The first-order valence-electron chi connectivity index (χ1n) is 12.4. The van der Waals surface area contributed by atoms with Crippen molar-refractivity contribution in [3.63, 3.8) is 0 Å². The van der Waals surface area contributed by atoms with Crippen LogP contribution < -0.4 is 10.5 Å². The first-order chi connectivity index (χ1) is 17.1. The van der Waals surface area contributed by atoms with Crippen molar-refractivity contribution in [2.45, 2.75) is 51.2 Å². The van der Waals surface area contributed by atoms with E-state index in [-0.39, 0.29) is 17.0 Å². The molecule has 0 radical (unpaired) electrons. The van der Waals surface area contributed by atoms with Gasteiger partial charge in [0.1, 0.15) is 29.0 Å². The van der Waals surface area contributed by atoms with Gasteiger partial charge in [-0.15, -0.1) is 0 Å². The van der Waals surface area contributed by atoms with Crippen LogP contribution in [0, 0.1) is 11.7 Å². The summed E-state index contributed by atoms with van der Waals surface area (Å²) in [7, 11) is 0. The molecule has 2 aliphatic heterocycles. The Kier molecular flexibility index (Phi) is 7.82. The fourth-order valence-electron chi connectivity index (χ4n) is 4.88. The Morgan fingerprint density at radius 2 is 1.89 bits per heavy atom. The standard InChI is InChI=1S/C26H33F2N5O3/c1-26(2,28)16-32-10-7-17(8-11-32)15-36-18-5-6-19(20(27)12-18)21-13-31-22(14-30-21)25(35)33-9-3-4-23(33)24(29)34/h5-6,12-14,17,23H,3-4,7-11,15-16H2,1-2H3,(H2,29,34)/t23-/m0/s1. The van der Waals surface area contributed by atoms with Crippen LogP contribution in [0.5, 0.6) is 5.75 Å². The number of likely N-dealkylation sites (tertiary alicyclic amines) is 2. The van der Waals surface area contributed by atoms with E-state index < -0.39 is 29.3 Å². The van der Waals surface area contributed by atoms with E-state index in [2.05, 4.69) is 14.9 Å². The molecular weight excluding hydrogens is 468 g/mol. The first kappa shape index (κ1) is 25.9. The van der Waals surface area contributed by atoms with Crippen molar-refractivity contribution in [1.29, 1.82) is 0 Å². The van der Waals surface area contributed by atoms with Gasteiger partial charge in [-0.1, -0.05) is 0 Å². The van der Waals surface area contributed by atoms with Crippen molar-refractivity contribution in [2.75, 3.05) is 32.8 Å². The molecule has 10 heteroatoms. The molecule has 0 bridgehead atoms. The Morgan fingerprint density at radius 1 is 1.14 bits per heavy atom. The monoisotopic (exact) mass is 501 g/mol. The number of nitrogens with zero attached hydrogens (tertiary/aromatic N) is 4. The van der Waals surface area contributed by atoms with Gasteiger partial charge in [0.2, 0.25) is 5.91 Å². The van der Waals surface area contributed by atoms with Gasteiger partial charge in [0.05, 0.1) is 24.7 Å². The third-order valence-electron chi connectivity index (χ3n) is 6.72. The van der Waals surface area contributed by atoms with Crippen LogP contribution in [0.3, 0.4) is 0 Å². The Hall–Kier alpha value is -3.14. The van der Waals surface area contributed by atoms with Gasteiger partial charge < -0.3 is 20.3 Å². The van der Waals surface area contributed by atoms with Crippen molar-refractivity contribution < 1.29 is 23.1 Å². The number of ether oxygens (including phenoxy) is 1. The fraction of sp³-hybridized carbons (Fsp3) is 0.538. The summed E-state index contributed by atoms with van der Waals surface area (Å²) in [4.78, 5) is 36.2. The maximum Gasteiger partial charge on any atom is 0.274 e. The lowest BCUT2D eigenvalue weighted by atomic mass is 9.97. The van der Waals surface area contributed by atoms with Crippen LogP contribution in [-0.2, 0) is 4.79 Å². The molecule has 3 heterocycles. The molecule has 2 saturated heterocycles. The molecule has 1 atom stereocenters. The van der Waals surface area contributed by atoms with E-state index >= 15 is 0 Å². The van der Waals surface area contributed by atoms with E-state index in [1.54, 1.807) is 26.0 Å². The average Bonchev–Trinajstić information content (AvgIpc) is 3.33. The van der Waals surface area contributed by atoms with Crippen molar-refractivity contribution in [3.05, 3.63) is 42.1 Å². The van der Waals surface area contributed by atoms with Crippen molar-refractivity contribution in [1.82, 2.24) is 19.8 Å². The molecule has 4 rings (SSSR count). The number of nitrogens with two attached hydrogens (primary N) is 1. The number of piperidine rings is 1. The number of primary amides is 1. The summed E-state index contributed by atoms with van der Waals surface area (Å²) >= 11 is 0. The first-order valence-corrected chi connectivity index (χ1v) is 12.4. The minimum Gasteiger partial charge on any atom is -0.493 e. The summed E-state index contributed by atoms with van der Waals surface area (Å²) in [5.74, 6) is -0.698. The van der Waals surface area contributed by atoms with E-state index in [1.807, 2.05) is 0 Å². The Labute approximate surface area is 209 Å². The van der Waals surface area contributed by atoms with Crippen molar-refractivity contribution >= 4 is 11.8 Å². The van der Waals surface area contributed by atoms with Gasteiger partial charge in [-0.3, -0.25) is 14.6 Å². The summed E-state index contributed by atoms with van der Waals surface area (Å²) in [5.41, 5.74) is 4.79. The Bertz CT molecular complexity index is 1080. The molecule has 36 heavy (non-hydrogen) atoms. The molecule has 2 N–H and O–H groups in total. The molecular formula is C26H33F2N5O3. The van der Waals surface area contributed by atoms with E-state index in [4.69, 9.17) is 10.5 Å². The van der Waals surface area contributed by atoms with Gasteiger partial charge in [0.25, 0.3) is 5.91 Å². The van der Waals surface area contributed by atoms with Crippen molar-refractivity contribution in [2.24, 2.45) is 11.7 Å². The van der Waals surface area contributed by atoms with Gasteiger partial charge in [-0.2, -0.15) is 0 Å². The third-order valence-corrected chi connectivity index (χ3v) is 6.72. The van der Waals surface area contributed by atoms with Gasteiger partial charge in [0.15, 0.2) is 0 Å². The highest BCUT2D eigenvalue weighted by Gasteiger charge is 2.34. The number of alkyl halides is 1. The number of hydrogen-bond donors (Lipinski definition) is 1. The lowest BCUT2D eigenvalue weighted by Crippen LogP contribution is -2.44. The topological polar surface area (TPSA) is 102 Å². The van der Waals surface area contributed by atoms with Crippen molar-refractivity contribution in [3.8, 4) is 17.0 Å². The van der Waals surface area contributed by atoms with Crippen LogP contribution in [0.15, 0.2) is 30.6 Å². The minimum atomic E-state index is -1.20. The average molecular weight is 502 g/mol. The van der Waals surface area contributed by atoms with E-state index in [9.17, 15) is 18.4 Å². The lowest BCUT2D eigenvalue weighted by molar-refractivity contribution is -0.121. The number of carbonyl (C=O) groups excluding carboxylic acids is 2. The molecule has 2 fully saturated rings. The molecule has 1 aromatic heterocycles. The predicted molar refractivity (Wildman–Crippen MR) is 131 cm³/mol. The Balaban J connectivity index is 1.33. The number of benzene rings is 1. The molecule has 2 aromatic rings. The smallest absolute Gasteiger partial charge is 0.274 e. The number of carbonyl (C=O) groups is 2. The summed E-state index contributed by atoms with van der Waals surface area (Å²) in [6.07, 6.45) is 5.68. The summed E-state index contributed by atoms with van der Waals surface area (Å²) in [6.45, 7) is 6.17. The van der Waals surface area contributed by atoms with Gasteiger partial charge in [-0.05, 0) is 70.7 Å². The van der Waals surface area contributed by atoms with E-state index in [0.29, 0.717) is 44.2 Å². The molecule has 2 amide bonds. The Morgan fingerprint density at radius 3 is 2.50 bits per heavy atom. The quantitative estimate of drug-likeness (QED) is 0.596. The molecule has 0 unspecified atom stereocenters. The zero-order chi connectivity index (χ0) is 25.9. The SMILES string of the molecule is CC(C)(F)CN1CCC(COc2ccc(-c3cnc(C(=O)N4CCC[C@H]4C(N)=O)cn3)c(F)c2)CC1. The highest BCUT2D eigenvalue weighted by Crippen LogP contribution is 2.27. The second kappa shape index (κ2) is 10.9. The van der Waals surface area contributed by atoms with Crippen LogP contribution in [0.25, 0.3) is 11.3 Å². The molecule has 0 saturated carbocycles. The van der Waals surface area contributed by atoms with Crippen LogP contribution in [0.1, 0.15) is 50.0 Å². The van der Waals surface area contributed by atoms with E-state index in [0.717, 1.165) is 25.9 Å². The highest BCUT2D eigenvalue weighted by atomic mass is 19.1. The number of hydrogen-bond acceptors (Lipinski definition) is 6. The molecule has 2 aliphatic rings. The zero-order valence-electron chi connectivity index (χ0n) is 20.8. The predicted octanol–water partition coefficient (Wildman–Crippen LogP) is 3.21. The van der Waals surface area contributed by atoms with E-state index in [1.165, 1.54) is 23.4 Å². The normalized spacial score (nSPS) is 19.4. The fourth-order valence-corrected chi connectivity index (χ4v) is 4.88. The molecule has 0 spiro atoms. The highest BCUT2D eigenvalue weighted by molar-refractivity contribution is 5.96. The summed E-state index contributed by atoms with van der Waals surface area (Å²) < 4.78 is 34.5.